The average Bonchev–Trinajstić information content (AvgIpc) is 3.18. The van der Waals surface area contributed by atoms with Crippen molar-refractivity contribution in [3.05, 3.63) is 48.0 Å². The smallest absolute Gasteiger partial charge is 0.217 e. The summed E-state index contributed by atoms with van der Waals surface area (Å²) in [5.74, 6) is 7.22. The molecule has 0 radical (unpaired) electrons. The van der Waals surface area contributed by atoms with Crippen molar-refractivity contribution in [2.75, 3.05) is 25.6 Å². The third-order valence-electron chi connectivity index (χ3n) is 3.68. The van der Waals surface area contributed by atoms with E-state index in [4.69, 9.17) is 9.47 Å². The fraction of sp³-hybridized carbons (Fsp3) is 0.250. The Morgan fingerprint density at radius 1 is 1.23 bits per heavy atom. The van der Waals surface area contributed by atoms with Gasteiger partial charge in [0.2, 0.25) is 9.84 Å². The number of rotatable bonds is 7. The standard InChI is InChI=1S/C20H20N4O4S2/c1-4-28-16-8-5-9-17(12-16)30(25,26)19-13-21-20(29-19)24-18-11-15(7-6-10-27-3)22-14(2)23-18/h5,8-9,11-13H,4,10H2,1-3H3,(H,21,22,23,24). The molecule has 3 aromatic rings. The summed E-state index contributed by atoms with van der Waals surface area (Å²) in [6, 6.07) is 8.06. The second-order valence-electron chi connectivity index (χ2n) is 5.94. The summed E-state index contributed by atoms with van der Waals surface area (Å²) in [4.78, 5) is 12.9. The van der Waals surface area contributed by atoms with Gasteiger partial charge in [0.05, 0.1) is 17.7 Å². The molecule has 1 aromatic carbocycles. The van der Waals surface area contributed by atoms with Crippen LogP contribution in [0.1, 0.15) is 18.4 Å². The first-order chi connectivity index (χ1) is 14.4. The van der Waals surface area contributed by atoms with Crippen molar-refractivity contribution in [2.24, 2.45) is 0 Å². The lowest BCUT2D eigenvalue weighted by Crippen LogP contribution is -2.00. The van der Waals surface area contributed by atoms with Crippen LogP contribution >= 0.6 is 11.3 Å². The second-order valence-corrected chi connectivity index (χ2v) is 9.15. The molecule has 3 rings (SSSR count). The Morgan fingerprint density at radius 2 is 2.07 bits per heavy atom. The van der Waals surface area contributed by atoms with Crippen LogP contribution in [0.25, 0.3) is 0 Å². The summed E-state index contributed by atoms with van der Waals surface area (Å²) in [5.41, 5.74) is 0.527. The molecule has 8 nitrogen and oxygen atoms in total. The average molecular weight is 445 g/mol. The molecule has 0 saturated heterocycles. The normalized spacial score (nSPS) is 10.9. The van der Waals surface area contributed by atoms with Gasteiger partial charge in [-0.2, -0.15) is 0 Å². The van der Waals surface area contributed by atoms with Crippen LogP contribution in [-0.4, -0.2) is 43.7 Å². The quantitative estimate of drug-likeness (QED) is 0.554. The van der Waals surface area contributed by atoms with E-state index in [-0.39, 0.29) is 9.10 Å². The summed E-state index contributed by atoms with van der Waals surface area (Å²) < 4.78 is 36.3. The van der Waals surface area contributed by atoms with E-state index in [1.54, 1.807) is 32.2 Å². The number of ether oxygens (including phenoxy) is 2. The van der Waals surface area contributed by atoms with Crippen LogP contribution in [0.15, 0.2) is 45.6 Å². The number of hydrogen-bond donors (Lipinski definition) is 1. The van der Waals surface area contributed by atoms with Gasteiger partial charge in [0.25, 0.3) is 0 Å². The first-order valence-corrected chi connectivity index (χ1v) is 11.3. The van der Waals surface area contributed by atoms with Crippen molar-refractivity contribution in [1.82, 2.24) is 15.0 Å². The predicted molar refractivity (Wildman–Crippen MR) is 114 cm³/mol. The predicted octanol–water partition coefficient (Wildman–Crippen LogP) is 3.21. The fourth-order valence-corrected chi connectivity index (χ4v) is 4.93. The van der Waals surface area contributed by atoms with E-state index in [0.717, 1.165) is 11.3 Å². The molecule has 0 atom stereocenters. The molecule has 0 spiro atoms. The minimum atomic E-state index is -3.72. The molecule has 1 N–H and O–H groups in total. The molecule has 10 heteroatoms. The Labute approximate surface area is 179 Å². The number of nitrogens with one attached hydrogen (secondary N) is 1. The third-order valence-corrected chi connectivity index (χ3v) is 6.81. The van der Waals surface area contributed by atoms with Crippen molar-refractivity contribution >= 4 is 32.1 Å². The van der Waals surface area contributed by atoms with Gasteiger partial charge in [0, 0.05) is 13.2 Å². The minimum Gasteiger partial charge on any atom is -0.494 e. The molecule has 0 fully saturated rings. The summed E-state index contributed by atoms with van der Waals surface area (Å²) in [6.07, 6.45) is 1.32. The van der Waals surface area contributed by atoms with Crippen molar-refractivity contribution in [1.29, 1.82) is 0 Å². The maximum absolute atomic E-state index is 12.9. The topological polar surface area (TPSA) is 103 Å². The van der Waals surface area contributed by atoms with Gasteiger partial charge in [-0.3, -0.25) is 0 Å². The van der Waals surface area contributed by atoms with Crippen LogP contribution in [0.4, 0.5) is 10.9 Å². The van der Waals surface area contributed by atoms with Gasteiger partial charge in [-0.15, -0.1) is 0 Å². The Morgan fingerprint density at radius 3 is 2.83 bits per heavy atom. The van der Waals surface area contributed by atoms with Gasteiger partial charge in [-0.1, -0.05) is 23.3 Å². The van der Waals surface area contributed by atoms with E-state index < -0.39 is 9.84 Å². The van der Waals surface area contributed by atoms with Crippen LogP contribution in [0.5, 0.6) is 5.75 Å². The zero-order valence-electron chi connectivity index (χ0n) is 16.7. The highest BCUT2D eigenvalue weighted by Gasteiger charge is 2.22. The molecule has 0 saturated carbocycles. The molecule has 2 heterocycles. The number of nitrogens with zero attached hydrogens (tertiary/aromatic N) is 3. The molecule has 156 valence electrons. The lowest BCUT2D eigenvalue weighted by molar-refractivity contribution is 0.240. The lowest BCUT2D eigenvalue weighted by Gasteiger charge is -2.06. The van der Waals surface area contributed by atoms with E-state index in [1.807, 2.05) is 6.92 Å². The molecule has 0 amide bonds. The molecule has 0 aliphatic carbocycles. The Hall–Kier alpha value is -3.00. The SMILES string of the molecule is CCOc1cccc(S(=O)(=O)c2cnc(Nc3cc(C#CCOC)nc(C)n3)s2)c1. The highest BCUT2D eigenvalue weighted by atomic mass is 32.2. The number of sulfone groups is 1. The zero-order valence-corrected chi connectivity index (χ0v) is 18.3. The first-order valence-electron chi connectivity index (χ1n) is 8.96. The lowest BCUT2D eigenvalue weighted by atomic mass is 10.3. The number of benzene rings is 1. The van der Waals surface area contributed by atoms with Gasteiger partial charge in [-0.05, 0) is 38.0 Å². The maximum atomic E-state index is 12.9. The van der Waals surface area contributed by atoms with Crippen LogP contribution in [0.3, 0.4) is 0 Å². The van der Waals surface area contributed by atoms with E-state index in [0.29, 0.717) is 41.4 Å². The number of aryl methyl sites for hydroxylation is 1. The number of anilines is 2. The van der Waals surface area contributed by atoms with Gasteiger partial charge in [0.1, 0.15) is 33.9 Å². The van der Waals surface area contributed by atoms with Crippen LogP contribution in [0.2, 0.25) is 0 Å². The molecule has 0 bridgehead atoms. The molecule has 2 aromatic heterocycles. The van der Waals surface area contributed by atoms with Crippen LogP contribution in [-0.2, 0) is 14.6 Å². The van der Waals surface area contributed by atoms with Gasteiger partial charge in [0.15, 0.2) is 5.13 Å². The minimum absolute atomic E-state index is 0.115. The number of aromatic nitrogens is 3. The van der Waals surface area contributed by atoms with Gasteiger partial charge in [-0.25, -0.2) is 23.4 Å². The van der Waals surface area contributed by atoms with Crippen molar-refractivity contribution in [3.63, 3.8) is 0 Å². The van der Waals surface area contributed by atoms with Crippen molar-refractivity contribution in [2.45, 2.75) is 23.0 Å². The molecular formula is C20H20N4O4S2. The summed E-state index contributed by atoms with van der Waals surface area (Å²) in [7, 11) is -2.15. The summed E-state index contributed by atoms with van der Waals surface area (Å²) >= 11 is 1.01. The monoisotopic (exact) mass is 444 g/mol. The maximum Gasteiger partial charge on any atom is 0.217 e. The highest BCUT2D eigenvalue weighted by molar-refractivity contribution is 7.93. The van der Waals surface area contributed by atoms with E-state index in [2.05, 4.69) is 32.1 Å². The van der Waals surface area contributed by atoms with E-state index >= 15 is 0 Å². The highest BCUT2D eigenvalue weighted by Crippen LogP contribution is 2.31. The molecule has 30 heavy (non-hydrogen) atoms. The number of methoxy groups -OCH3 is 1. The first kappa shape index (κ1) is 21.7. The number of thiazole rings is 1. The second kappa shape index (κ2) is 9.67. The van der Waals surface area contributed by atoms with Crippen LogP contribution in [0, 0.1) is 18.8 Å². The molecule has 0 unspecified atom stereocenters. The summed E-state index contributed by atoms with van der Waals surface area (Å²) in [5, 5.41) is 3.41. The molecular weight excluding hydrogens is 424 g/mol. The largest absolute Gasteiger partial charge is 0.494 e. The van der Waals surface area contributed by atoms with Gasteiger partial charge >= 0.3 is 0 Å². The van der Waals surface area contributed by atoms with Crippen molar-refractivity contribution < 1.29 is 17.9 Å². The van der Waals surface area contributed by atoms with Crippen LogP contribution < -0.4 is 10.1 Å². The number of hydrogen-bond acceptors (Lipinski definition) is 9. The summed E-state index contributed by atoms with van der Waals surface area (Å²) in [6.45, 7) is 4.33. The Balaban J connectivity index is 1.83. The Kier molecular flexibility index (Phi) is 6.99. The molecule has 0 aliphatic rings. The Bertz CT molecular complexity index is 1200. The van der Waals surface area contributed by atoms with E-state index in [1.165, 1.54) is 18.3 Å². The van der Waals surface area contributed by atoms with E-state index in [9.17, 15) is 8.42 Å². The van der Waals surface area contributed by atoms with Gasteiger partial charge < -0.3 is 14.8 Å². The fourth-order valence-electron chi connectivity index (χ4n) is 2.46. The molecule has 0 aliphatic heterocycles. The van der Waals surface area contributed by atoms with Crippen molar-refractivity contribution in [3.8, 4) is 17.6 Å². The zero-order chi connectivity index (χ0) is 21.6. The third kappa shape index (κ3) is 5.33.